The molecule has 3 aromatic rings. The summed E-state index contributed by atoms with van der Waals surface area (Å²) in [5.74, 6) is -0.291. The number of carbonyl (C=O) groups excluding carboxylic acids is 1. The van der Waals surface area contributed by atoms with Crippen LogP contribution in [0.25, 0.3) is 11.0 Å². The van der Waals surface area contributed by atoms with E-state index in [2.05, 4.69) is 5.32 Å². The van der Waals surface area contributed by atoms with E-state index in [9.17, 15) is 9.59 Å². The number of rotatable bonds is 4. The molecular formula is C18H16N4O2. The number of aryl methyl sites for hydroxylation is 1. The van der Waals surface area contributed by atoms with E-state index in [4.69, 9.17) is 5.26 Å². The molecule has 0 aliphatic heterocycles. The highest BCUT2D eigenvalue weighted by Gasteiger charge is 2.14. The fraction of sp³-hybridized carbons (Fsp3) is 0.167. The van der Waals surface area contributed by atoms with E-state index in [1.165, 1.54) is 4.57 Å². The Hall–Kier alpha value is -3.33. The highest BCUT2D eigenvalue weighted by atomic mass is 16.2. The Morgan fingerprint density at radius 3 is 2.29 bits per heavy atom. The summed E-state index contributed by atoms with van der Waals surface area (Å²) in [7, 11) is 0. The molecule has 2 aromatic carbocycles. The van der Waals surface area contributed by atoms with Gasteiger partial charge in [-0.3, -0.25) is 13.9 Å². The molecule has 3 rings (SSSR count). The van der Waals surface area contributed by atoms with Crippen LogP contribution in [-0.2, 0) is 17.9 Å². The van der Waals surface area contributed by atoms with Crippen LogP contribution >= 0.6 is 0 Å². The third-order valence-electron chi connectivity index (χ3n) is 3.84. The number of aromatic nitrogens is 2. The Kier molecular flexibility index (Phi) is 4.17. The zero-order valence-corrected chi connectivity index (χ0v) is 13.2. The van der Waals surface area contributed by atoms with Crippen molar-refractivity contribution in [1.29, 1.82) is 5.26 Å². The van der Waals surface area contributed by atoms with E-state index in [1.807, 2.05) is 37.3 Å². The second-order valence-corrected chi connectivity index (χ2v) is 5.34. The molecule has 0 aliphatic carbocycles. The smallest absolute Gasteiger partial charge is 0.325 e. The lowest BCUT2D eigenvalue weighted by Crippen LogP contribution is -2.29. The maximum atomic E-state index is 12.5. The van der Waals surface area contributed by atoms with Gasteiger partial charge in [-0.25, -0.2) is 4.79 Å². The first-order valence-corrected chi connectivity index (χ1v) is 7.62. The molecule has 0 unspecified atom stereocenters. The average Bonchev–Trinajstić information content (AvgIpc) is 2.87. The fourth-order valence-electron chi connectivity index (χ4n) is 2.70. The topological polar surface area (TPSA) is 79.8 Å². The van der Waals surface area contributed by atoms with Crippen LogP contribution in [0.2, 0.25) is 0 Å². The van der Waals surface area contributed by atoms with Crippen LogP contribution in [0.4, 0.5) is 5.69 Å². The minimum Gasteiger partial charge on any atom is -0.325 e. The van der Waals surface area contributed by atoms with Gasteiger partial charge in [0.05, 0.1) is 22.7 Å². The van der Waals surface area contributed by atoms with Gasteiger partial charge in [0.15, 0.2) is 0 Å². The minimum atomic E-state index is -0.291. The monoisotopic (exact) mass is 320 g/mol. The summed E-state index contributed by atoms with van der Waals surface area (Å²) in [5.41, 5.74) is 2.46. The fourth-order valence-corrected chi connectivity index (χ4v) is 2.70. The molecule has 1 heterocycles. The van der Waals surface area contributed by atoms with E-state index < -0.39 is 0 Å². The molecule has 0 spiro atoms. The third kappa shape index (κ3) is 2.79. The van der Waals surface area contributed by atoms with Gasteiger partial charge in [0.25, 0.3) is 0 Å². The summed E-state index contributed by atoms with van der Waals surface area (Å²) < 4.78 is 3.11. The van der Waals surface area contributed by atoms with Crippen molar-refractivity contribution in [2.45, 2.75) is 20.0 Å². The lowest BCUT2D eigenvalue weighted by molar-refractivity contribution is -0.116. The van der Waals surface area contributed by atoms with Gasteiger partial charge in [0.2, 0.25) is 5.91 Å². The zero-order valence-electron chi connectivity index (χ0n) is 13.2. The molecule has 0 radical (unpaired) electrons. The third-order valence-corrected chi connectivity index (χ3v) is 3.84. The van der Waals surface area contributed by atoms with Gasteiger partial charge >= 0.3 is 5.69 Å². The van der Waals surface area contributed by atoms with Gasteiger partial charge in [-0.05, 0) is 43.3 Å². The van der Waals surface area contributed by atoms with Crippen molar-refractivity contribution in [2.75, 3.05) is 5.32 Å². The van der Waals surface area contributed by atoms with E-state index in [-0.39, 0.29) is 18.1 Å². The summed E-state index contributed by atoms with van der Waals surface area (Å²) in [5, 5.41) is 11.5. The number of amides is 1. The van der Waals surface area contributed by atoms with E-state index >= 15 is 0 Å². The summed E-state index contributed by atoms with van der Waals surface area (Å²) in [6.45, 7) is 2.38. The molecule has 0 saturated heterocycles. The Bertz CT molecular complexity index is 991. The van der Waals surface area contributed by atoms with Gasteiger partial charge in [-0.15, -0.1) is 0 Å². The van der Waals surface area contributed by atoms with Crippen LogP contribution in [0.1, 0.15) is 12.5 Å². The summed E-state index contributed by atoms with van der Waals surface area (Å²) in [4.78, 5) is 24.8. The number of carbonyl (C=O) groups is 1. The molecular weight excluding hydrogens is 304 g/mol. The quantitative estimate of drug-likeness (QED) is 0.801. The Morgan fingerprint density at radius 1 is 1.08 bits per heavy atom. The van der Waals surface area contributed by atoms with E-state index in [1.54, 1.807) is 28.8 Å². The van der Waals surface area contributed by atoms with Crippen LogP contribution < -0.4 is 11.0 Å². The van der Waals surface area contributed by atoms with Crippen molar-refractivity contribution in [3.05, 3.63) is 64.6 Å². The maximum absolute atomic E-state index is 12.5. The number of nitrogens with zero attached hydrogens (tertiary/aromatic N) is 3. The standard InChI is InChI=1S/C18H16N4O2/c1-2-21-15-5-3-4-6-16(15)22(18(21)24)12-17(23)20-14-9-7-13(11-19)8-10-14/h3-10H,2,12H2,1H3,(H,20,23). The number of hydrogen-bond acceptors (Lipinski definition) is 3. The van der Waals surface area contributed by atoms with Crippen molar-refractivity contribution in [2.24, 2.45) is 0 Å². The molecule has 6 heteroatoms. The predicted octanol–water partition coefficient (Wildman–Crippen LogP) is 2.33. The SMILES string of the molecule is CCn1c(=O)n(CC(=O)Nc2ccc(C#N)cc2)c2ccccc21. The number of nitriles is 1. The molecule has 1 aromatic heterocycles. The van der Waals surface area contributed by atoms with Gasteiger partial charge in [-0.1, -0.05) is 12.1 Å². The lowest BCUT2D eigenvalue weighted by Gasteiger charge is -2.06. The maximum Gasteiger partial charge on any atom is 0.329 e. The molecule has 0 fully saturated rings. The van der Waals surface area contributed by atoms with Crippen LogP contribution in [0.3, 0.4) is 0 Å². The second-order valence-electron chi connectivity index (χ2n) is 5.34. The normalized spacial score (nSPS) is 10.5. The molecule has 120 valence electrons. The van der Waals surface area contributed by atoms with Crippen molar-refractivity contribution >= 4 is 22.6 Å². The molecule has 1 N–H and O–H groups in total. The van der Waals surface area contributed by atoms with Crippen molar-refractivity contribution < 1.29 is 4.79 Å². The van der Waals surface area contributed by atoms with Gasteiger partial charge in [0, 0.05) is 12.2 Å². The number of hydrogen-bond donors (Lipinski definition) is 1. The first-order chi connectivity index (χ1) is 11.6. The van der Waals surface area contributed by atoms with Crippen molar-refractivity contribution in [1.82, 2.24) is 9.13 Å². The van der Waals surface area contributed by atoms with Gasteiger partial charge in [0.1, 0.15) is 6.54 Å². The zero-order chi connectivity index (χ0) is 17.1. The number of anilines is 1. The molecule has 24 heavy (non-hydrogen) atoms. The number of benzene rings is 2. The molecule has 6 nitrogen and oxygen atoms in total. The summed E-state index contributed by atoms with van der Waals surface area (Å²) >= 11 is 0. The molecule has 0 bridgehead atoms. The van der Waals surface area contributed by atoms with Crippen LogP contribution in [0.5, 0.6) is 0 Å². The highest BCUT2D eigenvalue weighted by molar-refractivity contribution is 5.91. The summed E-state index contributed by atoms with van der Waals surface area (Å²) in [6.07, 6.45) is 0. The van der Waals surface area contributed by atoms with Gasteiger partial charge < -0.3 is 5.32 Å². The van der Waals surface area contributed by atoms with Gasteiger partial charge in [-0.2, -0.15) is 5.26 Å². The number of imidazole rings is 1. The summed E-state index contributed by atoms with van der Waals surface area (Å²) in [6, 6.07) is 16.0. The first kappa shape index (κ1) is 15.6. The highest BCUT2D eigenvalue weighted by Crippen LogP contribution is 2.13. The Labute approximate surface area is 138 Å². The molecule has 0 saturated carbocycles. The van der Waals surface area contributed by atoms with E-state index in [0.717, 1.165) is 11.0 Å². The van der Waals surface area contributed by atoms with Crippen LogP contribution in [-0.4, -0.2) is 15.0 Å². The van der Waals surface area contributed by atoms with Crippen molar-refractivity contribution in [3.63, 3.8) is 0 Å². The lowest BCUT2D eigenvalue weighted by atomic mass is 10.2. The predicted molar refractivity (Wildman–Crippen MR) is 91.7 cm³/mol. The number of para-hydroxylation sites is 2. The number of nitrogens with one attached hydrogen (secondary N) is 1. The Balaban J connectivity index is 1.87. The van der Waals surface area contributed by atoms with E-state index in [0.29, 0.717) is 17.8 Å². The average molecular weight is 320 g/mol. The molecule has 0 aliphatic rings. The first-order valence-electron chi connectivity index (χ1n) is 7.62. The second kappa shape index (κ2) is 6.42. The molecule has 0 atom stereocenters. The largest absolute Gasteiger partial charge is 0.329 e. The van der Waals surface area contributed by atoms with Crippen molar-refractivity contribution in [3.8, 4) is 6.07 Å². The molecule has 1 amide bonds. The van der Waals surface area contributed by atoms with Crippen LogP contribution in [0.15, 0.2) is 53.3 Å². The number of fused-ring (bicyclic) bond motifs is 1. The van der Waals surface area contributed by atoms with Crippen LogP contribution in [0, 0.1) is 11.3 Å². The Morgan fingerprint density at radius 2 is 1.71 bits per heavy atom. The minimum absolute atomic E-state index is 0.0631.